The fourth-order valence-electron chi connectivity index (χ4n) is 5.52. The minimum Gasteiger partial charge on any atom is -0.481 e. The van der Waals surface area contributed by atoms with Crippen LogP contribution >= 0.6 is 0 Å². The summed E-state index contributed by atoms with van der Waals surface area (Å²) in [6.07, 6.45) is 1.53. The van der Waals surface area contributed by atoms with Crippen molar-refractivity contribution in [2.45, 2.75) is 45.1 Å². The fourth-order valence-corrected chi connectivity index (χ4v) is 5.52. The molecule has 1 fully saturated rings. The van der Waals surface area contributed by atoms with Crippen LogP contribution in [0.5, 0.6) is 0 Å². The molecule has 0 bridgehead atoms. The Morgan fingerprint density at radius 1 is 0.846 bits per heavy atom. The molecule has 5 rings (SSSR count). The van der Waals surface area contributed by atoms with Gasteiger partial charge in [-0.3, -0.25) is 9.59 Å². The summed E-state index contributed by atoms with van der Waals surface area (Å²) < 4.78 is 5.69. The summed E-state index contributed by atoms with van der Waals surface area (Å²) in [6, 6.07) is 26.4. The van der Waals surface area contributed by atoms with E-state index in [9.17, 15) is 14.7 Å². The molecule has 0 spiro atoms. The number of carbonyl (C=O) groups excluding carboxylic acids is 1. The summed E-state index contributed by atoms with van der Waals surface area (Å²) >= 11 is 0. The fraction of sp³-hybridized carbons (Fsp3) is 0.273. The largest absolute Gasteiger partial charge is 0.481 e. The van der Waals surface area contributed by atoms with Gasteiger partial charge >= 0.3 is 5.97 Å². The lowest BCUT2D eigenvalue weighted by molar-refractivity contribution is -0.136. The van der Waals surface area contributed by atoms with E-state index in [0.717, 1.165) is 38.8 Å². The van der Waals surface area contributed by atoms with Gasteiger partial charge in [-0.05, 0) is 96.5 Å². The number of aryl methyl sites for hydroxylation is 3. The second-order valence-electron chi connectivity index (χ2n) is 10.5. The number of amides is 1. The van der Waals surface area contributed by atoms with E-state index in [-0.39, 0.29) is 18.7 Å². The van der Waals surface area contributed by atoms with Gasteiger partial charge in [0.2, 0.25) is 0 Å². The quantitative estimate of drug-likeness (QED) is 0.241. The SMILES string of the molecule is Cc1cc(C)cc(Nc2ccc(CCC(=O)O)c(C(=O)NC3(c4ccc5ccccc5c4)CCOCC3)c2)c1. The number of hydrogen-bond acceptors (Lipinski definition) is 4. The molecule has 4 aromatic rings. The molecule has 1 amide bonds. The highest BCUT2D eigenvalue weighted by Gasteiger charge is 2.36. The molecule has 6 heteroatoms. The molecule has 0 aliphatic carbocycles. The highest BCUT2D eigenvalue weighted by atomic mass is 16.5. The van der Waals surface area contributed by atoms with Gasteiger partial charge in [0.15, 0.2) is 0 Å². The molecule has 39 heavy (non-hydrogen) atoms. The average molecular weight is 523 g/mol. The van der Waals surface area contributed by atoms with Gasteiger partial charge in [-0.25, -0.2) is 0 Å². The minimum atomic E-state index is -0.893. The summed E-state index contributed by atoms with van der Waals surface area (Å²) in [5, 5.41) is 18.4. The van der Waals surface area contributed by atoms with Crippen LogP contribution in [0.4, 0.5) is 11.4 Å². The number of rotatable bonds is 8. The monoisotopic (exact) mass is 522 g/mol. The number of fused-ring (bicyclic) bond motifs is 1. The van der Waals surface area contributed by atoms with Crippen molar-refractivity contribution < 1.29 is 19.4 Å². The highest BCUT2D eigenvalue weighted by Crippen LogP contribution is 2.35. The molecule has 0 unspecified atom stereocenters. The first kappa shape index (κ1) is 26.4. The van der Waals surface area contributed by atoms with Gasteiger partial charge < -0.3 is 20.5 Å². The van der Waals surface area contributed by atoms with Crippen LogP contribution in [0.15, 0.2) is 78.9 Å². The van der Waals surface area contributed by atoms with E-state index in [1.165, 1.54) is 0 Å². The Labute approximate surface area is 229 Å². The van der Waals surface area contributed by atoms with Gasteiger partial charge in [0, 0.05) is 36.6 Å². The van der Waals surface area contributed by atoms with Crippen molar-refractivity contribution in [3.8, 4) is 0 Å². The zero-order valence-electron chi connectivity index (χ0n) is 22.4. The van der Waals surface area contributed by atoms with Gasteiger partial charge in [0.05, 0.1) is 5.54 Å². The molecular weight excluding hydrogens is 488 g/mol. The second-order valence-corrected chi connectivity index (χ2v) is 10.5. The predicted molar refractivity (Wildman–Crippen MR) is 155 cm³/mol. The Balaban J connectivity index is 1.50. The summed E-state index contributed by atoms with van der Waals surface area (Å²) in [6.45, 7) is 5.19. The highest BCUT2D eigenvalue weighted by molar-refractivity contribution is 5.97. The van der Waals surface area contributed by atoms with Crippen LogP contribution in [0.3, 0.4) is 0 Å². The summed E-state index contributed by atoms with van der Waals surface area (Å²) in [7, 11) is 0. The van der Waals surface area contributed by atoms with E-state index in [4.69, 9.17) is 4.74 Å². The Bertz CT molecular complexity index is 1500. The van der Waals surface area contributed by atoms with E-state index in [1.54, 1.807) is 0 Å². The molecule has 1 saturated heterocycles. The van der Waals surface area contributed by atoms with Crippen LogP contribution < -0.4 is 10.6 Å². The standard InChI is InChI=1S/C33H34N2O4/c1-22-17-23(2)19-29(18-22)34-28-11-8-25(9-12-31(36)37)30(21-28)32(38)35-33(13-15-39-16-14-33)27-10-7-24-5-3-4-6-26(24)20-27/h3-8,10-11,17-21,34H,9,12-16H2,1-2H3,(H,35,38)(H,36,37). The number of anilines is 2. The van der Waals surface area contributed by atoms with E-state index < -0.39 is 11.5 Å². The maximum Gasteiger partial charge on any atom is 0.303 e. The first-order valence-corrected chi connectivity index (χ1v) is 13.4. The predicted octanol–water partition coefficient (Wildman–Crippen LogP) is 6.65. The van der Waals surface area contributed by atoms with Crippen molar-refractivity contribution in [2.24, 2.45) is 0 Å². The van der Waals surface area contributed by atoms with Gasteiger partial charge in [-0.2, -0.15) is 0 Å². The molecular formula is C33H34N2O4. The van der Waals surface area contributed by atoms with Crippen molar-refractivity contribution in [3.63, 3.8) is 0 Å². The molecule has 0 atom stereocenters. The number of carbonyl (C=O) groups is 2. The number of nitrogens with one attached hydrogen (secondary N) is 2. The first-order chi connectivity index (χ1) is 18.8. The lowest BCUT2D eigenvalue weighted by Crippen LogP contribution is -2.49. The van der Waals surface area contributed by atoms with Crippen molar-refractivity contribution in [3.05, 3.63) is 107 Å². The number of hydrogen-bond donors (Lipinski definition) is 3. The van der Waals surface area contributed by atoms with E-state index in [1.807, 2.05) is 44.2 Å². The molecule has 0 radical (unpaired) electrons. The lowest BCUT2D eigenvalue weighted by Gasteiger charge is -2.39. The number of aliphatic carboxylic acids is 1. The number of carboxylic acids is 1. The molecule has 4 aromatic carbocycles. The van der Waals surface area contributed by atoms with Crippen molar-refractivity contribution in [2.75, 3.05) is 18.5 Å². The van der Waals surface area contributed by atoms with Gasteiger partial charge in [-0.15, -0.1) is 0 Å². The summed E-state index contributed by atoms with van der Waals surface area (Å²) in [5.41, 5.74) is 5.66. The van der Waals surface area contributed by atoms with Crippen LogP contribution in [-0.2, 0) is 21.5 Å². The van der Waals surface area contributed by atoms with Crippen molar-refractivity contribution >= 4 is 34.0 Å². The summed E-state index contributed by atoms with van der Waals surface area (Å²) in [5.74, 6) is -1.11. The van der Waals surface area contributed by atoms with Crippen LogP contribution in [0.1, 0.15) is 51.9 Å². The third-order valence-corrected chi connectivity index (χ3v) is 7.47. The maximum absolute atomic E-state index is 14.0. The lowest BCUT2D eigenvalue weighted by atomic mass is 9.81. The van der Waals surface area contributed by atoms with Crippen LogP contribution in [0, 0.1) is 13.8 Å². The Kier molecular flexibility index (Phi) is 7.66. The number of benzene rings is 4. The van der Waals surface area contributed by atoms with Gasteiger partial charge in [-0.1, -0.05) is 48.5 Å². The van der Waals surface area contributed by atoms with Gasteiger partial charge in [0.25, 0.3) is 5.91 Å². The van der Waals surface area contributed by atoms with Crippen LogP contribution in [0.25, 0.3) is 10.8 Å². The second kappa shape index (κ2) is 11.3. The van der Waals surface area contributed by atoms with Crippen LogP contribution in [-0.4, -0.2) is 30.2 Å². The van der Waals surface area contributed by atoms with Crippen LogP contribution in [0.2, 0.25) is 0 Å². The van der Waals surface area contributed by atoms with Crippen molar-refractivity contribution in [1.82, 2.24) is 5.32 Å². The van der Waals surface area contributed by atoms with E-state index in [2.05, 4.69) is 59.2 Å². The zero-order chi connectivity index (χ0) is 27.4. The third-order valence-electron chi connectivity index (χ3n) is 7.47. The smallest absolute Gasteiger partial charge is 0.303 e. The molecule has 0 saturated carbocycles. The molecule has 1 heterocycles. The topological polar surface area (TPSA) is 87.7 Å². The molecule has 1 aliphatic heterocycles. The zero-order valence-corrected chi connectivity index (χ0v) is 22.4. The Morgan fingerprint density at radius 2 is 1.56 bits per heavy atom. The Hall–Kier alpha value is -4.16. The molecule has 200 valence electrons. The average Bonchev–Trinajstić information content (AvgIpc) is 2.92. The van der Waals surface area contributed by atoms with Crippen molar-refractivity contribution in [1.29, 1.82) is 0 Å². The Morgan fingerprint density at radius 3 is 2.28 bits per heavy atom. The molecule has 3 N–H and O–H groups in total. The van der Waals surface area contributed by atoms with Gasteiger partial charge in [0.1, 0.15) is 0 Å². The number of carboxylic acid groups (broad SMARTS) is 1. The molecule has 0 aromatic heterocycles. The maximum atomic E-state index is 14.0. The van der Waals surface area contributed by atoms with E-state index in [0.29, 0.717) is 37.2 Å². The molecule has 1 aliphatic rings. The third kappa shape index (κ3) is 6.13. The molecule has 6 nitrogen and oxygen atoms in total. The minimum absolute atomic E-state index is 0.0478. The first-order valence-electron chi connectivity index (χ1n) is 13.4. The number of ether oxygens (including phenoxy) is 1. The van der Waals surface area contributed by atoms with E-state index >= 15 is 0 Å². The normalized spacial score (nSPS) is 14.6. The summed E-state index contributed by atoms with van der Waals surface area (Å²) in [4.78, 5) is 25.4.